The van der Waals surface area contributed by atoms with E-state index in [9.17, 15) is 4.79 Å². The van der Waals surface area contributed by atoms with E-state index in [1.165, 1.54) is 70.6 Å². The number of carboxylic acids is 1. The molecule has 0 aliphatic carbocycles. The van der Waals surface area contributed by atoms with Crippen LogP contribution < -0.4 is 0 Å². The van der Waals surface area contributed by atoms with Crippen molar-refractivity contribution in [3.63, 3.8) is 0 Å². The molecule has 2 nitrogen and oxygen atoms in total. The Labute approximate surface area is 163 Å². The summed E-state index contributed by atoms with van der Waals surface area (Å²) in [5.74, 6) is -0.655. The van der Waals surface area contributed by atoms with Gasteiger partial charge in [0.2, 0.25) is 0 Å². The van der Waals surface area contributed by atoms with E-state index in [-0.39, 0.29) is 51.7 Å². The van der Waals surface area contributed by atoms with Crippen molar-refractivity contribution in [1.82, 2.24) is 0 Å². The van der Waals surface area contributed by atoms with Crippen molar-refractivity contribution >= 4 is 54.9 Å². The zero-order chi connectivity index (χ0) is 13.5. The third-order valence-electron chi connectivity index (χ3n) is 3.49. The summed E-state index contributed by atoms with van der Waals surface area (Å²) in [6, 6.07) is 0. The maximum absolute atomic E-state index is 10.3. The second-order valence-electron chi connectivity index (χ2n) is 5.39. The van der Waals surface area contributed by atoms with E-state index in [4.69, 9.17) is 5.11 Å². The quantitative estimate of drug-likeness (QED) is 0.316. The summed E-state index contributed by atoms with van der Waals surface area (Å²) < 4.78 is 0. The summed E-state index contributed by atoms with van der Waals surface area (Å²) in [6.07, 6.45) is 17.3. The molecular weight excluding hydrogens is 362 g/mol. The second-order valence-corrected chi connectivity index (χ2v) is 5.39. The summed E-state index contributed by atoms with van der Waals surface area (Å²) in [6.45, 7) is 2.26. The number of carboxylic acid groups (broad SMARTS) is 1. The number of rotatable bonds is 14. The maximum Gasteiger partial charge on any atom is 2.00 e. The number of aliphatic carboxylic acids is 1. The van der Waals surface area contributed by atoms with Gasteiger partial charge < -0.3 is 7.96 Å². The third-order valence-corrected chi connectivity index (χ3v) is 3.49. The van der Waals surface area contributed by atoms with Crippen LogP contribution >= 0.6 is 0 Å². The summed E-state index contributed by atoms with van der Waals surface area (Å²) in [4.78, 5) is 10.3. The van der Waals surface area contributed by atoms with Crippen LogP contribution in [0.25, 0.3) is 0 Å². The van der Waals surface area contributed by atoms with Gasteiger partial charge in [0.05, 0.1) is 0 Å². The monoisotopic (exact) mass is 396 g/mol. The molecule has 0 unspecified atom stereocenters. The Hall–Kier alpha value is 1.04. The van der Waals surface area contributed by atoms with Crippen LogP contribution in [0.4, 0.5) is 0 Å². The largest absolute Gasteiger partial charge is 2.00 e. The van der Waals surface area contributed by atoms with Crippen molar-refractivity contribution in [3.05, 3.63) is 0 Å². The van der Waals surface area contributed by atoms with E-state index >= 15 is 0 Å². The van der Waals surface area contributed by atoms with Gasteiger partial charge in [0.1, 0.15) is 0 Å². The van der Waals surface area contributed by atoms with E-state index in [0.717, 1.165) is 12.8 Å². The predicted molar refractivity (Wildman–Crippen MR) is 85.9 cm³/mol. The first-order chi connectivity index (χ1) is 8.77. The summed E-state index contributed by atoms with van der Waals surface area (Å²) in [7, 11) is 0. The molecule has 19 heavy (non-hydrogen) atoms. The first kappa shape index (κ1) is 22.3. The number of carbonyl (C=O) groups is 1. The van der Waals surface area contributed by atoms with Gasteiger partial charge in [0, 0.05) is 6.42 Å². The Kier molecular flexibility index (Phi) is 22.4. The van der Waals surface area contributed by atoms with Crippen LogP contribution in [0.1, 0.15) is 99.7 Å². The van der Waals surface area contributed by atoms with Gasteiger partial charge in [-0.05, 0) is 6.42 Å². The van der Waals surface area contributed by atoms with E-state index in [1.54, 1.807) is 0 Å². The van der Waals surface area contributed by atoms with Crippen LogP contribution in [-0.2, 0) is 4.79 Å². The van der Waals surface area contributed by atoms with Gasteiger partial charge >= 0.3 is 54.9 Å². The van der Waals surface area contributed by atoms with Crippen molar-refractivity contribution in [3.8, 4) is 0 Å². The molecule has 0 aromatic rings. The van der Waals surface area contributed by atoms with E-state index in [1.807, 2.05) is 0 Å². The smallest absolute Gasteiger partial charge is 1.00 e. The minimum Gasteiger partial charge on any atom is -1.00 e. The summed E-state index contributed by atoms with van der Waals surface area (Å²) >= 11 is 0. The summed E-state index contributed by atoms with van der Waals surface area (Å²) in [5.41, 5.74) is 0. The Morgan fingerprint density at radius 3 is 1.37 bits per heavy atom. The van der Waals surface area contributed by atoms with Crippen molar-refractivity contribution in [2.24, 2.45) is 0 Å². The molecule has 0 saturated heterocycles. The molecule has 0 aromatic heterocycles. The molecule has 0 radical (unpaired) electrons. The van der Waals surface area contributed by atoms with Crippen LogP contribution in [-0.4, -0.2) is 60.0 Å². The topological polar surface area (TPSA) is 37.3 Å². The SMILES string of the molecule is CCCCCCCCCCCCCCCC(=O)O.[Ba+2].[H-].[H-]. The van der Waals surface area contributed by atoms with Gasteiger partial charge in [-0.1, -0.05) is 84.0 Å². The van der Waals surface area contributed by atoms with Crippen molar-refractivity contribution < 1.29 is 12.8 Å². The molecule has 0 aromatic carbocycles. The Balaban J connectivity index is -0.000000482. The first-order valence-corrected chi connectivity index (χ1v) is 7.99. The minimum absolute atomic E-state index is 0. The molecule has 0 rings (SSSR count). The molecular formula is C16H34BaO2. The van der Waals surface area contributed by atoms with E-state index in [0.29, 0.717) is 6.42 Å². The average molecular weight is 396 g/mol. The van der Waals surface area contributed by atoms with Crippen molar-refractivity contribution in [2.75, 3.05) is 0 Å². The minimum atomic E-state index is -0.655. The molecule has 0 heterocycles. The molecule has 0 bridgehead atoms. The van der Waals surface area contributed by atoms with Gasteiger partial charge in [-0.3, -0.25) is 4.79 Å². The Bertz CT molecular complexity index is 193. The molecule has 0 saturated carbocycles. The molecule has 3 heteroatoms. The fraction of sp³-hybridized carbons (Fsp3) is 0.938. The molecule has 0 aliphatic rings. The van der Waals surface area contributed by atoms with Crippen LogP contribution in [0.2, 0.25) is 0 Å². The molecule has 112 valence electrons. The Morgan fingerprint density at radius 2 is 1.05 bits per heavy atom. The van der Waals surface area contributed by atoms with Crippen molar-refractivity contribution in [2.45, 2.75) is 96.8 Å². The van der Waals surface area contributed by atoms with Gasteiger partial charge in [-0.2, -0.15) is 0 Å². The number of hydrogen-bond donors (Lipinski definition) is 1. The van der Waals surface area contributed by atoms with Gasteiger partial charge in [-0.25, -0.2) is 0 Å². The molecule has 0 amide bonds. The van der Waals surface area contributed by atoms with Gasteiger partial charge in [0.15, 0.2) is 0 Å². The maximum atomic E-state index is 10.3. The number of unbranched alkanes of at least 4 members (excludes halogenated alkanes) is 12. The van der Waals surface area contributed by atoms with Crippen LogP contribution in [0.3, 0.4) is 0 Å². The zero-order valence-corrected chi connectivity index (χ0v) is 17.4. The van der Waals surface area contributed by atoms with Crippen LogP contribution in [0, 0.1) is 0 Å². The van der Waals surface area contributed by atoms with E-state index in [2.05, 4.69) is 6.92 Å². The van der Waals surface area contributed by atoms with Crippen molar-refractivity contribution in [1.29, 1.82) is 0 Å². The van der Waals surface area contributed by atoms with E-state index < -0.39 is 5.97 Å². The third kappa shape index (κ3) is 21.5. The van der Waals surface area contributed by atoms with Crippen LogP contribution in [0.15, 0.2) is 0 Å². The fourth-order valence-electron chi connectivity index (χ4n) is 2.29. The van der Waals surface area contributed by atoms with Gasteiger partial charge in [-0.15, -0.1) is 0 Å². The standard InChI is InChI=1S/C16H32O2.Ba.2H/c1-2-3-4-5-6-7-8-9-10-11-12-13-14-15-16(17)18;;;/h2-15H2,1H3,(H,17,18);;;/q;+2;2*-1. The molecule has 0 spiro atoms. The van der Waals surface area contributed by atoms with Crippen LogP contribution in [0.5, 0.6) is 0 Å². The summed E-state index contributed by atoms with van der Waals surface area (Å²) in [5, 5.41) is 8.49. The second kappa shape index (κ2) is 19.0. The predicted octanol–water partition coefficient (Wildman–Crippen LogP) is 5.40. The first-order valence-electron chi connectivity index (χ1n) is 7.99. The number of hydrogen-bond acceptors (Lipinski definition) is 1. The van der Waals surface area contributed by atoms with Gasteiger partial charge in [0.25, 0.3) is 0 Å². The fourth-order valence-corrected chi connectivity index (χ4v) is 2.29. The molecule has 1 N–H and O–H groups in total. The molecule has 0 atom stereocenters. The Morgan fingerprint density at radius 1 is 0.737 bits per heavy atom. The average Bonchev–Trinajstić information content (AvgIpc) is 2.34. The zero-order valence-electron chi connectivity index (χ0n) is 15.0. The molecule has 0 fully saturated rings. The molecule has 0 aliphatic heterocycles. The normalized spacial score (nSPS) is 10.2.